The minimum Gasteiger partial charge on any atom is -0.494 e. The summed E-state index contributed by atoms with van der Waals surface area (Å²) in [6.45, 7) is 8.52. The summed E-state index contributed by atoms with van der Waals surface area (Å²) in [7, 11) is 1.42. The van der Waals surface area contributed by atoms with Crippen LogP contribution < -0.4 is 10.5 Å². The van der Waals surface area contributed by atoms with Gasteiger partial charge in [0.15, 0.2) is 11.6 Å². The maximum absolute atomic E-state index is 13.7. The number of hydrogen-bond donors (Lipinski definition) is 1. The topological polar surface area (TPSA) is 55.6 Å². The monoisotopic (exact) mass is 296 g/mol. The average Bonchev–Trinajstić information content (AvgIpc) is 2.42. The highest BCUT2D eigenvalue weighted by Crippen LogP contribution is 2.22. The molecule has 0 heterocycles. The molecule has 0 aliphatic carbocycles. The van der Waals surface area contributed by atoms with E-state index in [0.29, 0.717) is 18.7 Å². The third-order valence-electron chi connectivity index (χ3n) is 3.48. The van der Waals surface area contributed by atoms with Crippen molar-refractivity contribution in [2.45, 2.75) is 40.3 Å². The normalized spacial score (nSPS) is 12.9. The summed E-state index contributed by atoms with van der Waals surface area (Å²) in [5, 5.41) is 0. The van der Waals surface area contributed by atoms with E-state index in [1.807, 2.05) is 27.7 Å². The molecule has 1 aromatic rings. The van der Waals surface area contributed by atoms with Crippen LogP contribution in [-0.4, -0.2) is 30.5 Å². The first kappa shape index (κ1) is 17.4. The molecule has 0 saturated carbocycles. The second kappa shape index (κ2) is 6.89. The number of carbonyl (C=O) groups is 1. The molecule has 5 heteroatoms. The van der Waals surface area contributed by atoms with Crippen molar-refractivity contribution >= 4 is 5.91 Å². The molecule has 1 unspecified atom stereocenters. The number of nitrogens with two attached hydrogens (primary N) is 1. The van der Waals surface area contributed by atoms with Gasteiger partial charge in [-0.05, 0) is 30.0 Å². The molecule has 0 bridgehead atoms. The van der Waals surface area contributed by atoms with Crippen molar-refractivity contribution in [1.82, 2.24) is 4.90 Å². The first-order valence-electron chi connectivity index (χ1n) is 7.07. The second-order valence-electron chi connectivity index (χ2n) is 6.17. The zero-order valence-corrected chi connectivity index (χ0v) is 13.4. The molecule has 118 valence electrons. The first-order chi connectivity index (χ1) is 9.70. The van der Waals surface area contributed by atoms with E-state index in [0.717, 1.165) is 0 Å². The summed E-state index contributed by atoms with van der Waals surface area (Å²) in [5.41, 5.74) is 6.42. The van der Waals surface area contributed by atoms with Crippen LogP contribution in [-0.2, 0) is 11.3 Å². The molecule has 0 aliphatic rings. The summed E-state index contributed by atoms with van der Waals surface area (Å²) in [6.07, 6.45) is 0. The zero-order valence-electron chi connectivity index (χ0n) is 13.4. The molecule has 0 radical (unpaired) electrons. The third-order valence-corrected chi connectivity index (χ3v) is 3.48. The molecule has 0 aliphatic heterocycles. The standard InChI is InChI=1S/C16H25FN2O2/c1-6-19(15(20)14(18)16(2,3)4)10-11-7-8-13(21-5)12(17)9-11/h7-9,14H,6,10,18H2,1-5H3. The fourth-order valence-electron chi connectivity index (χ4n) is 1.94. The lowest BCUT2D eigenvalue weighted by Crippen LogP contribution is -2.50. The number of nitrogens with zero attached hydrogens (tertiary/aromatic N) is 1. The Morgan fingerprint density at radius 3 is 2.48 bits per heavy atom. The maximum Gasteiger partial charge on any atom is 0.240 e. The number of ether oxygens (including phenoxy) is 1. The minimum absolute atomic E-state index is 0.124. The minimum atomic E-state index is -0.583. The Balaban J connectivity index is 2.88. The SMILES string of the molecule is CCN(Cc1ccc(OC)c(F)c1)C(=O)C(N)C(C)(C)C. The predicted molar refractivity (Wildman–Crippen MR) is 81.5 cm³/mol. The van der Waals surface area contributed by atoms with Crippen LogP contribution in [0.4, 0.5) is 4.39 Å². The molecular weight excluding hydrogens is 271 g/mol. The largest absolute Gasteiger partial charge is 0.494 e. The van der Waals surface area contributed by atoms with Gasteiger partial charge in [0.1, 0.15) is 0 Å². The van der Waals surface area contributed by atoms with Gasteiger partial charge in [0, 0.05) is 13.1 Å². The zero-order chi connectivity index (χ0) is 16.2. The van der Waals surface area contributed by atoms with E-state index >= 15 is 0 Å². The Hall–Kier alpha value is -1.62. The number of amides is 1. The number of carbonyl (C=O) groups excluding carboxylic acids is 1. The van der Waals surface area contributed by atoms with Crippen molar-refractivity contribution in [3.8, 4) is 5.75 Å². The predicted octanol–water partition coefficient (Wildman–Crippen LogP) is 2.56. The van der Waals surface area contributed by atoms with Crippen LogP contribution in [0.25, 0.3) is 0 Å². The van der Waals surface area contributed by atoms with Gasteiger partial charge in [-0.25, -0.2) is 4.39 Å². The van der Waals surface area contributed by atoms with E-state index in [1.165, 1.54) is 13.2 Å². The number of rotatable bonds is 5. The highest BCUT2D eigenvalue weighted by molar-refractivity contribution is 5.82. The van der Waals surface area contributed by atoms with Crippen LogP contribution in [0, 0.1) is 11.2 Å². The Bertz CT molecular complexity index is 498. The van der Waals surface area contributed by atoms with Gasteiger partial charge in [-0.15, -0.1) is 0 Å². The van der Waals surface area contributed by atoms with Gasteiger partial charge in [-0.2, -0.15) is 0 Å². The summed E-state index contributed by atoms with van der Waals surface area (Å²) in [4.78, 5) is 14.1. The van der Waals surface area contributed by atoms with Crippen molar-refractivity contribution in [3.05, 3.63) is 29.6 Å². The lowest BCUT2D eigenvalue weighted by Gasteiger charge is -2.31. The second-order valence-corrected chi connectivity index (χ2v) is 6.17. The van der Waals surface area contributed by atoms with Gasteiger partial charge in [-0.1, -0.05) is 26.8 Å². The Morgan fingerprint density at radius 1 is 1.43 bits per heavy atom. The molecule has 4 nitrogen and oxygen atoms in total. The van der Waals surface area contributed by atoms with E-state index in [2.05, 4.69) is 0 Å². The fraction of sp³-hybridized carbons (Fsp3) is 0.562. The lowest BCUT2D eigenvalue weighted by atomic mass is 9.86. The number of benzene rings is 1. The molecule has 0 aromatic heterocycles. The Kier molecular flexibility index (Phi) is 5.72. The van der Waals surface area contributed by atoms with Gasteiger partial charge in [0.2, 0.25) is 5.91 Å². The van der Waals surface area contributed by atoms with E-state index in [4.69, 9.17) is 10.5 Å². The van der Waals surface area contributed by atoms with Crippen molar-refractivity contribution < 1.29 is 13.9 Å². The molecule has 0 spiro atoms. The maximum atomic E-state index is 13.7. The van der Waals surface area contributed by atoms with E-state index in [1.54, 1.807) is 17.0 Å². The van der Waals surface area contributed by atoms with Crippen LogP contribution in [0.3, 0.4) is 0 Å². The number of likely N-dealkylation sites (N-methyl/N-ethyl adjacent to an activating group) is 1. The number of halogens is 1. The first-order valence-corrected chi connectivity index (χ1v) is 7.07. The van der Waals surface area contributed by atoms with Crippen molar-refractivity contribution in [2.24, 2.45) is 11.1 Å². The van der Waals surface area contributed by atoms with E-state index in [9.17, 15) is 9.18 Å². The quantitative estimate of drug-likeness (QED) is 0.908. The van der Waals surface area contributed by atoms with Crippen LogP contribution in [0.5, 0.6) is 5.75 Å². The smallest absolute Gasteiger partial charge is 0.240 e. The van der Waals surface area contributed by atoms with Crippen molar-refractivity contribution in [3.63, 3.8) is 0 Å². The molecule has 2 N–H and O–H groups in total. The van der Waals surface area contributed by atoms with E-state index < -0.39 is 11.9 Å². The Morgan fingerprint density at radius 2 is 2.05 bits per heavy atom. The Labute approximate surface area is 126 Å². The van der Waals surface area contributed by atoms with Crippen LogP contribution in [0.15, 0.2) is 18.2 Å². The molecule has 1 rings (SSSR count). The van der Waals surface area contributed by atoms with Gasteiger partial charge in [0.25, 0.3) is 0 Å². The summed E-state index contributed by atoms with van der Waals surface area (Å²) in [6, 6.07) is 4.12. The molecule has 1 amide bonds. The summed E-state index contributed by atoms with van der Waals surface area (Å²) >= 11 is 0. The highest BCUT2D eigenvalue weighted by atomic mass is 19.1. The average molecular weight is 296 g/mol. The highest BCUT2D eigenvalue weighted by Gasteiger charge is 2.30. The van der Waals surface area contributed by atoms with Gasteiger partial charge >= 0.3 is 0 Å². The van der Waals surface area contributed by atoms with Crippen LogP contribution in [0.1, 0.15) is 33.3 Å². The molecule has 21 heavy (non-hydrogen) atoms. The molecule has 0 saturated heterocycles. The fourth-order valence-corrected chi connectivity index (χ4v) is 1.94. The summed E-state index contributed by atoms with van der Waals surface area (Å²) in [5.74, 6) is -0.362. The van der Waals surface area contributed by atoms with Gasteiger partial charge in [-0.3, -0.25) is 4.79 Å². The number of methoxy groups -OCH3 is 1. The van der Waals surface area contributed by atoms with Gasteiger partial charge in [0.05, 0.1) is 13.2 Å². The van der Waals surface area contributed by atoms with Crippen molar-refractivity contribution in [2.75, 3.05) is 13.7 Å². The van der Waals surface area contributed by atoms with Gasteiger partial charge < -0.3 is 15.4 Å². The van der Waals surface area contributed by atoms with Crippen molar-refractivity contribution in [1.29, 1.82) is 0 Å². The van der Waals surface area contributed by atoms with Crippen LogP contribution >= 0.6 is 0 Å². The number of hydrogen-bond acceptors (Lipinski definition) is 3. The molecule has 1 atom stereocenters. The molecular formula is C16H25FN2O2. The van der Waals surface area contributed by atoms with Crippen LogP contribution in [0.2, 0.25) is 0 Å². The summed E-state index contributed by atoms with van der Waals surface area (Å²) < 4.78 is 18.6. The third kappa shape index (κ3) is 4.43. The molecule has 0 fully saturated rings. The van der Waals surface area contributed by atoms with E-state index in [-0.39, 0.29) is 17.1 Å². The lowest BCUT2D eigenvalue weighted by molar-refractivity contribution is -0.135. The molecule has 1 aromatic carbocycles.